The predicted octanol–water partition coefficient (Wildman–Crippen LogP) is -0.694. The summed E-state index contributed by atoms with van der Waals surface area (Å²) in [5.74, 6) is -6.21. The molecule has 11 amide bonds. The van der Waals surface area contributed by atoms with E-state index in [-0.39, 0.29) is 134 Å². The summed E-state index contributed by atoms with van der Waals surface area (Å²) >= 11 is 0. The molecule has 17 N–H and O–H groups in total. The van der Waals surface area contributed by atoms with E-state index in [1.165, 1.54) is 0 Å². The molecular weight excluding hydrogens is 1020 g/mol. The van der Waals surface area contributed by atoms with E-state index >= 15 is 0 Å². The van der Waals surface area contributed by atoms with Crippen LogP contribution in [0, 0.1) is 0 Å². The Bertz CT molecular complexity index is 2380. The maximum Gasteiger partial charge on any atom is 0.490 e. The molecule has 0 bridgehead atoms. The fraction of sp³-hybridized carbons (Fsp3) is 0.408. The molecule has 0 saturated carbocycles. The summed E-state index contributed by atoms with van der Waals surface area (Å²) in [4.78, 5) is 124. The van der Waals surface area contributed by atoms with E-state index in [4.69, 9.17) is 27.1 Å². The second-order valence-electron chi connectivity index (χ2n) is 16.4. The molecule has 0 radical (unpaired) electrons. The fourth-order valence-electron chi connectivity index (χ4n) is 6.49. The lowest BCUT2D eigenvalue weighted by molar-refractivity contribution is -0.192. The molecule has 0 fully saturated rings. The van der Waals surface area contributed by atoms with Gasteiger partial charge in [0.15, 0.2) is 5.96 Å². The Morgan fingerprint density at radius 1 is 0.532 bits per heavy atom. The number of urea groups is 2. The second kappa shape index (κ2) is 36.2. The number of rotatable bonds is 30. The van der Waals surface area contributed by atoms with E-state index in [1.54, 1.807) is 24.3 Å². The predicted molar refractivity (Wildman–Crippen MR) is 275 cm³/mol. The van der Waals surface area contributed by atoms with Gasteiger partial charge in [0.05, 0.1) is 5.92 Å². The highest BCUT2D eigenvalue weighted by atomic mass is 19.4. The third kappa shape index (κ3) is 29.6. The summed E-state index contributed by atoms with van der Waals surface area (Å²) in [5.41, 5.74) is 19.5. The summed E-state index contributed by atoms with van der Waals surface area (Å²) in [6.07, 6.45) is -4.73. The highest BCUT2D eigenvalue weighted by molar-refractivity contribution is 5.95. The van der Waals surface area contributed by atoms with Gasteiger partial charge in [-0.3, -0.25) is 43.9 Å². The molecule has 1 atom stereocenters. The first kappa shape index (κ1) is 64.3. The van der Waals surface area contributed by atoms with Crippen molar-refractivity contribution in [2.45, 2.75) is 76.2 Å². The van der Waals surface area contributed by atoms with Crippen LogP contribution in [0.2, 0.25) is 0 Å². The van der Waals surface area contributed by atoms with Crippen LogP contribution in [0.25, 0.3) is 0 Å². The Morgan fingerprint density at radius 3 is 1.31 bits per heavy atom. The van der Waals surface area contributed by atoms with Gasteiger partial charge in [0, 0.05) is 97.6 Å². The molecule has 25 nitrogen and oxygen atoms in total. The van der Waals surface area contributed by atoms with Gasteiger partial charge < -0.3 is 70.2 Å². The third-order valence-electron chi connectivity index (χ3n) is 10.3. The molecule has 3 aromatic carbocycles. The van der Waals surface area contributed by atoms with Crippen molar-refractivity contribution < 1.29 is 66.2 Å². The Labute approximate surface area is 441 Å². The summed E-state index contributed by atoms with van der Waals surface area (Å²) in [6, 6.07) is 23.4. The van der Waals surface area contributed by atoms with Gasteiger partial charge in [0.2, 0.25) is 41.4 Å². The Hall–Kier alpha value is -8.82. The minimum Gasteiger partial charge on any atom is -0.475 e. The fourth-order valence-corrected chi connectivity index (χ4v) is 6.49. The van der Waals surface area contributed by atoms with Crippen molar-refractivity contribution in [2.75, 3.05) is 52.4 Å². The third-order valence-corrected chi connectivity index (χ3v) is 10.3. The van der Waals surface area contributed by atoms with E-state index in [2.05, 4.69) is 58.2 Å². The summed E-state index contributed by atoms with van der Waals surface area (Å²) < 4.78 is 31.7. The first-order chi connectivity index (χ1) is 36.7. The van der Waals surface area contributed by atoms with Gasteiger partial charge in [-0.25, -0.2) is 14.4 Å². The summed E-state index contributed by atoms with van der Waals surface area (Å²) in [7, 11) is 0. The molecule has 0 unspecified atom stereocenters. The largest absolute Gasteiger partial charge is 0.490 e. The Kier molecular flexibility index (Phi) is 30.2. The zero-order valence-electron chi connectivity index (χ0n) is 42.1. The lowest BCUT2D eigenvalue weighted by Crippen LogP contribution is -2.48. The topological polar surface area (TPSA) is 402 Å². The van der Waals surface area contributed by atoms with Gasteiger partial charge >= 0.3 is 24.2 Å². The number of nitrogens with one attached hydrogen (secondary N) is 10. The normalized spacial score (nSPS) is 11.3. The minimum absolute atomic E-state index is 0.0337. The van der Waals surface area contributed by atoms with Gasteiger partial charge in [-0.15, -0.1) is 0 Å². The van der Waals surface area contributed by atoms with Gasteiger partial charge in [-0.1, -0.05) is 84.9 Å². The number of alkyl halides is 3. The van der Waals surface area contributed by atoms with Crippen LogP contribution < -0.4 is 70.4 Å². The van der Waals surface area contributed by atoms with Crippen molar-refractivity contribution in [2.24, 2.45) is 22.2 Å². The summed E-state index contributed by atoms with van der Waals surface area (Å²) in [6.45, 7) is 1.56. The van der Waals surface area contributed by atoms with Crippen molar-refractivity contribution in [1.29, 1.82) is 0 Å². The lowest BCUT2D eigenvalue weighted by Gasteiger charge is -2.23. The maximum atomic E-state index is 14.0. The number of benzene rings is 3. The Balaban J connectivity index is 0.00000270. The van der Waals surface area contributed by atoms with Crippen molar-refractivity contribution in [3.63, 3.8) is 0 Å². The number of hydrogen-bond donors (Lipinski definition) is 14. The number of carbonyl (C=O) groups is 10. The maximum absolute atomic E-state index is 14.0. The standard InChI is InChI=1S/C47H66N14O9.C2HF3O2/c48-22-21-41(66)55-27-26-53-39(64)18-17-37(62)51-24-25-52-38(63)19-20-40(65)54-28-29-57-47(70)61-45(49)56-23-7-12-36(43(67)58-30-32-13-15-33(16-14-32)31-59-46(50)69)60-44(68)42(34-8-3-1-4-9-34)35-10-5-2-6-11-35;3-2(4,5)1(6)7/h1-6,8-11,13-16,36,42H,7,12,17-31,48H2,(H,51,62)(H,52,63)(H,53,64)(H,54,65)(H,55,66)(H,58,67)(H,60,68)(H3,50,59,69)(H4,49,56,57,61,70);(H,6,7)/t36-;/m0./s1. The minimum atomic E-state index is -5.08. The molecule has 0 aromatic heterocycles. The van der Waals surface area contributed by atoms with E-state index in [1.807, 2.05) is 60.7 Å². The second-order valence-corrected chi connectivity index (χ2v) is 16.4. The van der Waals surface area contributed by atoms with Gasteiger partial charge in [-0.05, 0) is 35.1 Å². The molecule has 0 spiro atoms. The zero-order chi connectivity index (χ0) is 57.0. The van der Waals surface area contributed by atoms with E-state index in [0.717, 1.165) is 22.3 Å². The van der Waals surface area contributed by atoms with Gasteiger partial charge in [-0.2, -0.15) is 13.2 Å². The van der Waals surface area contributed by atoms with Crippen molar-refractivity contribution in [3.05, 3.63) is 107 Å². The molecule has 0 aliphatic carbocycles. The van der Waals surface area contributed by atoms with Crippen LogP contribution in [-0.4, -0.2) is 135 Å². The highest BCUT2D eigenvalue weighted by Crippen LogP contribution is 2.25. The SMILES string of the molecule is NCCC(=O)NCCNC(=O)CCC(=O)NCCNC(=O)CCC(=O)NCCNC(=O)NC(N)=NCCC[C@H](NC(=O)C(c1ccccc1)c1ccccc1)C(=O)NCc1ccc(CNC(N)=O)cc1.O=C(O)C(F)(F)F. The summed E-state index contributed by atoms with van der Waals surface area (Å²) in [5, 5.41) is 33.4. The zero-order valence-corrected chi connectivity index (χ0v) is 42.1. The average Bonchev–Trinajstić information content (AvgIpc) is 3.39. The molecule has 420 valence electrons. The van der Waals surface area contributed by atoms with E-state index in [9.17, 15) is 56.3 Å². The van der Waals surface area contributed by atoms with Crippen LogP contribution in [0.4, 0.5) is 22.8 Å². The van der Waals surface area contributed by atoms with E-state index < -0.39 is 53.9 Å². The number of carbonyl (C=O) groups excluding carboxylic acids is 9. The number of guanidine groups is 1. The van der Waals surface area contributed by atoms with Crippen molar-refractivity contribution >= 4 is 65.3 Å². The number of amides is 11. The van der Waals surface area contributed by atoms with Crippen LogP contribution >= 0.6 is 0 Å². The molecule has 0 heterocycles. The number of aliphatic imine (C=N–C) groups is 1. The quantitative estimate of drug-likeness (QED) is 0.0224. The molecule has 3 rings (SSSR count). The Morgan fingerprint density at radius 2 is 0.922 bits per heavy atom. The molecule has 3 aromatic rings. The number of nitrogens with two attached hydrogens (primary N) is 3. The number of carboxylic acid groups (broad SMARTS) is 1. The highest BCUT2D eigenvalue weighted by Gasteiger charge is 2.38. The van der Waals surface area contributed by atoms with Crippen LogP contribution in [0.3, 0.4) is 0 Å². The smallest absolute Gasteiger partial charge is 0.475 e. The van der Waals surface area contributed by atoms with Gasteiger partial charge in [0.25, 0.3) is 0 Å². The molecule has 0 saturated heterocycles. The molecular formula is C49H67F3N14O11. The molecule has 28 heteroatoms. The molecule has 0 aliphatic rings. The number of nitrogens with zero attached hydrogens (tertiary/aromatic N) is 1. The van der Waals surface area contributed by atoms with Crippen molar-refractivity contribution in [1.82, 2.24) is 53.2 Å². The average molecular weight is 1090 g/mol. The van der Waals surface area contributed by atoms with Crippen LogP contribution in [0.15, 0.2) is 89.9 Å². The molecule has 0 aliphatic heterocycles. The first-order valence-electron chi connectivity index (χ1n) is 24.2. The number of hydrogen-bond acceptors (Lipinski definition) is 12. The lowest BCUT2D eigenvalue weighted by atomic mass is 9.90. The number of aliphatic carboxylic acids is 1. The molecule has 77 heavy (non-hydrogen) atoms. The van der Waals surface area contributed by atoms with Crippen molar-refractivity contribution in [3.8, 4) is 0 Å². The van der Waals surface area contributed by atoms with Gasteiger partial charge in [0.1, 0.15) is 6.04 Å². The number of carboxylic acids is 1. The first-order valence-corrected chi connectivity index (χ1v) is 24.2. The van der Waals surface area contributed by atoms with Crippen LogP contribution in [0.1, 0.15) is 73.1 Å². The van der Waals surface area contributed by atoms with Crippen LogP contribution in [0.5, 0.6) is 0 Å². The monoisotopic (exact) mass is 1080 g/mol. The number of halogens is 3. The number of primary amides is 1. The van der Waals surface area contributed by atoms with E-state index in [0.29, 0.717) is 6.42 Å². The van der Waals surface area contributed by atoms with Crippen LogP contribution in [-0.2, 0) is 51.4 Å².